The van der Waals surface area contributed by atoms with Gasteiger partial charge in [-0.05, 0) is 38.2 Å². The normalized spacial score (nSPS) is 18.7. The molecule has 1 atom stereocenters. The Balaban J connectivity index is 2.09. The molecule has 5 heteroatoms. The van der Waals surface area contributed by atoms with E-state index in [0.29, 0.717) is 12.3 Å². The van der Waals surface area contributed by atoms with Crippen LogP contribution >= 0.6 is 0 Å². The molecule has 144 valence electrons. The van der Waals surface area contributed by atoms with Gasteiger partial charge in [0.15, 0.2) is 5.96 Å². The average molecular weight is 359 g/mol. The van der Waals surface area contributed by atoms with Gasteiger partial charge in [0, 0.05) is 31.5 Å². The highest BCUT2D eigenvalue weighted by molar-refractivity contribution is 5.80. The fraction of sp³-hybridized carbons (Fsp3) is 0.619. The molecule has 0 bridgehead atoms. The van der Waals surface area contributed by atoms with Crippen LogP contribution in [0.15, 0.2) is 29.3 Å². The number of carbonyl (C=O) groups excluding carboxylic acids is 1. The third kappa shape index (κ3) is 5.75. The molecule has 2 rings (SSSR count). The van der Waals surface area contributed by atoms with Crippen molar-refractivity contribution < 1.29 is 4.79 Å². The summed E-state index contributed by atoms with van der Waals surface area (Å²) < 4.78 is 0. The first-order valence-corrected chi connectivity index (χ1v) is 9.70. The summed E-state index contributed by atoms with van der Waals surface area (Å²) in [4.78, 5) is 18.5. The SMILES string of the molecule is CCNC(=NCC(C)(C)c1ccc(C)cc1)N1CCCC(CC(N)=O)C1. The molecule has 3 N–H and O–H groups in total. The Bertz CT molecular complexity index is 621. The second-order valence-electron chi connectivity index (χ2n) is 8.04. The summed E-state index contributed by atoms with van der Waals surface area (Å²) in [7, 11) is 0. The summed E-state index contributed by atoms with van der Waals surface area (Å²) in [6.45, 7) is 12.0. The van der Waals surface area contributed by atoms with Crippen molar-refractivity contribution in [3.8, 4) is 0 Å². The quantitative estimate of drug-likeness (QED) is 0.607. The van der Waals surface area contributed by atoms with Crippen molar-refractivity contribution in [2.24, 2.45) is 16.6 Å². The van der Waals surface area contributed by atoms with Crippen LogP contribution in [0.5, 0.6) is 0 Å². The number of nitrogens with zero attached hydrogens (tertiary/aromatic N) is 2. The molecule has 0 aromatic heterocycles. The van der Waals surface area contributed by atoms with Crippen molar-refractivity contribution in [2.45, 2.75) is 52.4 Å². The van der Waals surface area contributed by atoms with E-state index in [1.54, 1.807) is 0 Å². The molecule has 26 heavy (non-hydrogen) atoms. The van der Waals surface area contributed by atoms with Crippen molar-refractivity contribution in [1.29, 1.82) is 0 Å². The van der Waals surface area contributed by atoms with Crippen molar-refractivity contribution in [1.82, 2.24) is 10.2 Å². The van der Waals surface area contributed by atoms with E-state index < -0.39 is 0 Å². The third-order valence-electron chi connectivity index (χ3n) is 5.10. The van der Waals surface area contributed by atoms with Crippen LogP contribution in [-0.4, -0.2) is 42.9 Å². The van der Waals surface area contributed by atoms with Gasteiger partial charge in [-0.2, -0.15) is 0 Å². The van der Waals surface area contributed by atoms with Gasteiger partial charge < -0.3 is 16.0 Å². The van der Waals surface area contributed by atoms with E-state index in [4.69, 9.17) is 10.7 Å². The molecule has 1 unspecified atom stereocenters. The first-order valence-electron chi connectivity index (χ1n) is 9.70. The van der Waals surface area contributed by atoms with Gasteiger partial charge in [0.1, 0.15) is 0 Å². The number of hydrogen-bond donors (Lipinski definition) is 2. The number of piperidine rings is 1. The number of hydrogen-bond acceptors (Lipinski definition) is 2. The van der Waals surface area contributed by atoms with E-state index in [1.807, 2.05) is 0 Å². The fourth-order valence-corrected chi connectivity index (χ4v) is 3.50. The highest BCUT2D eigenvalue weighted by Gasteiger charge is 2.25. The molecule has 1 heterocycles. The largest absolute Gasteiger partial charge is 0.370 e. The molecule has 1 aromatic rings. The summed E-state index contributed by atoms with van der Waals surface area (Å²) in [6, 6.07) is 8.71. The van der Waals surface area contributed by atoms with Gasteiger partial charge in [0.2, 0.25) is 5.91 Å². The van der Waals surface area contributed by atoms with Crippen LogP contribution in [0.4, 0.5) is 0 Å². The number of likely N-dealkylation sites (tertiary alicyclic amines) is 1. The lowest BCUT2D eigenvalue weighted by Gasteiger charge is -2.35. The van der Waals surface area contributed by atoms with E-state index in [2.05, 4.69) is 62.2 Å². The van der Waals surface area contributed by atoms with Crippen LogP contribution in [0.2, 0.25) is 0 Å². The standard InChI is InChI=1S/C21H34N4O/c1-5-23-20(25-12-6-7-17(14-25)13-19(22)26)24-15-21(3,4)18-10-8-16(2)9-11-18/h8-11,17H,5-7,12-15H2,1-4H3,(H2,22,26)(H,23,24). The lowest BCUT2D eigenvalue weighted by Crippen LogP contribution is -2.47. The number of carbonyl (C=O) groups is 1. The fourth-order valence-electron chi connectivity index (χ4n) is 3.50. The Labute approximate surface area is 158 Å². The minimum absolute atomic E-state index is 0.0310. The van der Waals surface area contributed by atoms with E-state index >= 15 is 0 Å². The maximum Gasteiger partial charge on any atom is 0.217 e. The molecule has 0 aliphatic carbocycles. The first kappa shape index (κ1) is 20.3. The number of amides is 1. The minimum Gasteiger partial charge on any atom is -0.370 e. The molecule has 1 aromatic carbocycles. The molecule has 1 saturated heterocycles. The summed E-state index contributed by atoms with van der Waals surface area (Å²) >= 11 is 0. The zero-order valence-electron chi connectivity index (χ0n) is 16.7. The van der Waals surface area contributed by atoms with Gasteiger partial charge >= 0.3 is 0 Å². The number of aryl methyl sites for hydroxylation is 1. The Hall–Kier alpha value is -2.04. The molecule has 5 nitrogen and oxygen atoms in total. The molecular formula is C21H34N4O. The predicted molar refractivity (Wildman–Crippen MR) is 108 cm³/mol. The van der Waals surface area contributed by atoms with Crippen LogP contribution in [0.1, 0.15) is 51.2 Å². The molecule has 0 saturated carbocycles. The van der Waals surface area contributed by atoms with Crippen LogP contribution < -0.4 is 11.1 Å². The van der Waals surface area contributed by atoms with Crippen LogP contribution in [0.3, 0.4) is 0 Å². The Morgan fingerprint density at radius 2 is 2.04 bits per heavy atom. The van der Waals surface area contributed by atoms with E-state index in [9.17, 15) is 4.79 Å². The van der Waals surface area contributed by atoms with Gasteiger partial charge in [0.05, 0.1) is 6.54 Å². The maximum absolute atomic E-state index is 11.3. The first-order chi connectivity index (χ1) is 12.3. The summed E-state index contributed by atoms with van der Waals surface area (Å²) in [5.74, 6) is 1.07. The van der Waals surface area contributed by atoms with Crippen molar-refractivity contribution >= 4 is 11.9 Å². The van der Waals surface area contributed by atoms with Gasteiger partial charge in [-0.1, -0.05) is 43.7 Å². The molecule has 0 radical (unpaired) electrons. The lowest BCUT2D eigenvalue weighted by atomic mass is 9.84. The Morgan fingerprint density at radius 1 is 1.35 bits per heavy atom. The number of primary amides is 1. The summed E-state index contributed by atoms with van der Waals surface area (Å²) in [5, 5.41) is 3.42. The van der Waals surface area contributed by atoms with Gasteiger partial charge in [-0.15, -0.1) is 0 Å². The third-order valence-corrected chi connectivity index (χ3v) is 5.10. The van der Waals surface area contributed by atoms with E-state index in [0.717, 1.165) is 45.0 Å². The van der Waals surface area contributed by atoms with Crippen LogP contribution in [-0.2, 0) is 10.2 Å². The van der Waals surface area contributed by atoms with Crippen LogP contribution in [0, 0.1) is 12.8 Å². The van der Waals surface area contributed by atoms with Crippen molar-refractivity contribution in [3.05, 3.63) is 35.4 Å². The lowest BCUT2D eigenvalue weighted by molar-refractivity contribution is -0.119. The Morgan fingerprint density at radius 3 is 2.65 bits per heavy atom. The smallest absolute Gasteiger partial charge is 0.217 e. The molecule has 1 aliphatic rings. The maximum atomic E-state index is 11.3. The summed E-state index contributed by atoms with van der Waals surface area (Å²) in [5.41, 5.74) is 7.93. The molecule has 1 aliphatic heterocycles. The number of rotatable bonds is 6. The second-order valence-corrected chi connectivity index (χ2v) is 8.04. The number of nitrogens with one attached hydrogen (secondary N) is 1. The number of aliphatic imine (C=N–C) groups is 1. The number of nitrogens with two attached hydrogens (primary N) is 1. The van der Waals surface area contributed by atoms with Gasteiger partial charge in [0.25, 0.3) is 0 Å². The molecule has 1 fully saturated rings. The Kier molecular flexibility index (Phi) is 7.06. The zero-order valence-corrected chi connectivity index (χ0v) is 16.7. The monoisotopic (exact) mass is 358 g/mol. The van der Waals surface area contributed by atoms with Crippen molar-refractivity contribution in [3.63, 3.8) is 0 Å². The average Bonchev–Trinajstić information content (AvgIpc) is 2.58. The molecular weight excluding hydrogens is 324 g/mol. The van der Waals surface area contributed by atoms with E-state index in [-0.39, 0.29) is 11.3 Å². The topological polar surface area (TPSA) is 70.7 Å². The highest BCUT2D eigenvalue weighted by Crippen LogP contribution is 2.24. The van der Waals surface area contributed by atoms with Gasteiger partial charge in [-0.3, -0.25) is 9.79 Å². The van der Waals surface area contributed by atoms with E-state index in [1.165, 1.54) is 11.1 Å². The molecule has 0 spiro atoms. The highest BCUT2D eigenvalue weighted by atomic mass is 16.1. The number of benzene rings is 1. The predicted octanol–water partition coefficient (Wildman–Crippen LogP) is 2.83. The molecule has 1 amide bonds. The number of guanidine groups is 1. The second kappa shape index (κ2) is 9.06. The van der Waals surface area contributed by atoms with Crippen molar-refractivity contribution in [2.75, 3.05) is 26.2 Å². The van der Waals surface area contributed by atoms with Crippen LogP contribution in [0.25, 0.3) is 0 Å². The zero-order chi connectivity index (χ0) is 19.2. The van der Waals surface area contributed by atoms with Gasteiger partial charge in [-0.25, -0.2) is 0 Å². The minimum atomic E-state index is -0.209. The summed E-state index contributed by atoms with van der Waals surface area (Å²) in [6.07, 6.45) is 2.60.